The van der Waals surface area contributed by atoms with Gasteiger partial charge in [0.2, 0.25) is 0 Å². The third-order valence-corrected chi connectivity index (χ3v) is 3.38. The SMILES string of the molecule is CC1(C)OCC(CC2=CC(C(C)(C)C)=NCC2)O1. The lowest BCUT2D eigenvalue weighted by atomic mass is 9.86. The largest absolute Gasteiger partial charge is 0.348 e. The van der Waals surface area contributed by atoms with Gasteiger partial charge in [-0.05, 0) is 32.8 Å². The van der Waals surface area contributed by atoms with Crippen LogP contribution in [-0.2, 0) is 9.47 Å². The van der Waals surface area contributed by atoms with E-state index in [9.17, 15) is 0 Å². The van der Waals surface area contributed by atoms with Crippen LogP contribution >= 0.6 is 0 Å². The number of allylic oxidation sites excluding steroid dienone is 1. The third kappa shape index (κ3) is 3.42. The zero-order chi connectivity index (χ0) is 13.4. The molecule has 0 N–H and O–H groups in total. The van der Waals surface area contributed by atoms with Crippen molar-refractivity contribution in [2.75, 3.05) is 13.2 Å². The predicted molar refractivity (Wildman–Crippen MR) is 74.0 cm³/mol. The molecule has 2 rings (SSSR count). The summed E-state index contributed by atoms with van der Waals surface area (Å²) in [4.78, 5) is 4.62. The van der Waals surface area contributed by atoms with Gasteiger partial charge in [0.25, 0.3) is 0 Å². The fourth-order valence-corrected chi connectivity index (χ4v) is 2.40. The van der Waals surface area contributed by atoms with Gasteiger partial charge in [-0.15, -0.1) is 0 Å². The van der Waals surface area contributed by atoms with Gasteiger partial charge in [0, 0.05) is 17.7 Å². The number of nitrogens with zero attached hydrogens (tertiary/aromatic N) is 1. The van der Waals surface area contributed by atoms with Crippen LogP contribution in [0.3, 0.4) is 0 Å². The first kappa shape index (κ1) is 13.8. The molecule has 3 heteroatoms. The highest BCUT2D eigenvalue weighted by atomic mass is 16.7. The molecule has 102 valence electrons. The van der Waals surface area contributed by atoms with Crippen LogP contribution in [0.15, 0.2) is 16.6 Å². The van der Waals surface area contributed by atoms with Crippen LogP contribution in [0, 0.1) is 5.41 Å². The molecule has 18 heavy (non-hydrogen) atoms. The van der Waals surface area contributed by atoms with Gasteiger partial charge in [0.1, 0.15) is 0 Å². The predicted octanol–water partition coefficient (Wildman–Crippen LogP) is 3.35. The molecular weight excluding hydrogens is 226 g/mol. The molecule has 2 aliphatic rings. The Morgan fingerprint density at radius 2 is 2.11 bits per heavy atom. The highest BCUT2D eigenvalue weighted by Crippen LogP contribution is 2.29. The van der Waals surface area contributed by atoms with E-state index in [2.05, 4.69) is 31.8 Å². The molecule has 0 aliphatic carbocycles. The van der Waals surface area contributed by atoms with Crippen molar-refractivity contribution >= 4 is 5.71 Å². The minimum Gasteiger partial charge on any atom is -0.348 e. The summed E-state index contributed by atoms with van der Waals surface area (Å²) in [5.74, 6) is -0.416. The van der Waals surface area contributed by atoms with Gasteiger partial charge < -0.3 is 9.47 Å². The van der Waals surface area contributed by atoms with E-state index in [1.54, 1.807) is 0 Å². The molecule has 0 spiro atoms. The van der Waals surface area contributed by atoms with Crippen molar-refractivity contribution in [3.63, 3.8) is 0 Å². The summed E-state index contributed by atoms with van der Waals surface area (Å²) < 4.78 is 11.5. The summed E-state index contributed by atoms with van der Waals surface area (Å²) in [6, 6.07) is 0. The van der Waals surface area contributed by atoms with Crippen molar-refractivity contribution < 1.29 is 9.47 Å². The molecule has 1 saturated heterocycles. The molecule has 3 nitrogen and oxygen atoms in total. The Bertz CT molecular complexity index is 374. The van der Waals surface area contributed by atoms with E-state index in [1.165, 1.54) is 11.3 Å². The summed E-state index contributed by atoms with van der Waals surface area (Å²) >= 11 is 0. The first-order valence-corrected chi connectivity index (χ1v) is 6.82. The lowest BCUT2D eigenvalue weighted by Gasteiger charge is -2.24. The van der Waals surface area contributed by atoms with E-state index in [4.69, 9.17) is 9.47 Å². The zero-order valence-electron chi connectivity index (χ0n) is 12.2. The zero-order valence-corrected chi connectivity index (χ0v) is 12.2. The van der Waals surface area contributed by atoms with Crippen molar-refractivity contribution in [1.82, 2.24) is 0 Å². The third-order valence-electron chi connectivity index (χ3n) is 3.38. The number of hydrogen-bond donors (Lipinski definition) is 0. The highest BCUT2D eigenvalue weighted by molar-refractivity contribution is 6.00. The summed E-state index contributed by atoms with van der Waals surface area (Å²) in [6.45, 7) is 12.2. The molecule has 2 aliphatic heterocycles. The number of aliphatic imine (C=N–C) groups is 1. The first-order valence-electron chi connectivity index (χ1n) is 6.82. The Hall–Kier alpha value is -0.670. The van der Waals surface area contributed by atoms with E-state index >= 15 is 0 Å². The molecule has 0 aromatic rings. The van der Waals surface area contributed by atoms with E-state index in [0.717, 1.165) is 19.4 Å². The first-order chi connectivity index (χ1) is 8.26. The number of ether oxygens (including phenoxy) is 2. The molecule has 1 atom stereocenters. The topological polar surface area (TPSA) is 30.8 Å². The molecule has 0 radical (unpaired) electrons. The van der Waals surface area contributed by atoms with Gasteiger partial charge in [0.05, 0.1) is 12.7 Å². The molecule has 0 aromatic heterocycles. The van der Waals surface area contributed by atoms with Crippen molar-refractivity contribution in [3.05, 3.63) is 11.6 Å². The smallest absolute Gasteiger partial charge is 0.163 e. The van der Waals surface area contributed by atoms with Crippen molar-refractivity contribution in [2.24, 2.45) is 10.4 Å². The van der Waals surface area contributed by atoms with Crippen molar-refractivity contribution in [2.45, 2.75) is 59.4 Å². The van der Waals surface area contributed by atoms with Crippen LogP contribution in [0.2, 0.25) is 0 Å². The summed E-state index contributed by atoms with van der Waals surface area (Å²) in [5.41, 5.74) is 2.79. The Balaban J connectivity index is 1.99. The number of rotatable bonds is 2. The van der Waals surface area contributed by atoms with Crippen molar-refractivity contribution in [1.29, 1.82) is 0 Å². The van der Waals surface area contributed by atoms with E-state index in [1.807, 2.05) is 13.8 Å². The van der Waals surface area contributed by atoms with Crippen LogP contribution in [0.4, 0.5) is 0 Å². The molecule has 0 amide bonds. The fourth-order valence-electron chi connectivity index (χ4n) is 2.40. The quantitative estimate of drug-likeness (QED) is 0.753. The molecular formula is C15H25NO2. The molecule has 1 unspecified atom stereocenters. The van der Waals surface area contributed by atoms with Gasteiger partial charge in [-0.25, -0.2) is 0 Å². The van der Waals surface area contributed by atoms with Crippen LogP contribution in [0.25, 0.3) is 0 Å². The monoisotopic (exact) mass is 251 g/mol. The van der Waals surface area contributed by atoms with Gasteiger partial charge in [-0.3, -0.25) is 4.99 Å². The van der Waals surface area contributed by atoms with Crippen LogP contribution in [-0.4, -0.2) is 30.8 Å². The number of dihydropyridines is 1. The lowest BCUT2D eigenvalue weighted by molar-refractivity contribution is -0.138. The minimum absolute atomic E-state index is 0.137. The van der Waals surface area contributed by atoms with Crippen LogP contribution < -0.4 is 0 Å². The summed E-state index contributed by atoms with van der Waals surface area (Å²) in [7, 11) is 0. The molecule has 0 bridgehead atoms. The van der Waals surface area contributed by atoms with Crippen molar-refractivity contribution in [3.8, 4) is 0 Å². The number of hydrogen-bond acceptors (Lipinski definition) is 3. The molecule has 1 fully saturated rings. The summed E-state index contributed by atoms with van der Waals surface area (Å²) in [6.07, 6.45) is 4.49. The standard InChI is InChI=1S/C15H25NO2/c1-14(2,3)13-9-11(6-7-16-13)8-12-10-17-15(4,5)18-12/h9,12H,6-8,10H2,1-5H3. The lowest BCUT2D eigenvalue weighted by Crippen LogP contribution is -2.24. The highest BCUT2D eigenvalue weighted by Gasteiger charge is 2.33. The van der Waals surface area contributed by atoms with E-state index in [-0.39, 0.29) is 11.5 Å². The van der Waals surface area contributed by atoms with Gasteiger partial charge in [0.15, 0.2) is 5.79 Å². The van der Waals surface area contributed by atoms with Crippen LogP contribution in [0.1, 0.15) is 47.5 Å². The maximum atomic E-state index is 5.87. The summed E-state index contributed by atoms with van der Waals surface area (Å²) in [5, 5.41) is 0. The second kappa shape index (κ2) is 4.78. The van der Waals surface area contributed by atoms with E-state index < -0.39 is 5.79 Å². The van der Waals surface area contributed by atoms with E-state index in [0.29, 0.717) is 6.61 Å². The van der Waals surface area contributed by atoms with Crippen LogP contribution in [0.5, 0.6) is 0 Å². The normalized spacial score (nSPS) is 27.9. The molecule has 0 aromatic carbocycles. The second-order valence-corrected chi connectivity index (χ2v) is 6.72. The van der Waals surface area contributed by atoms with Gasteiger partial charge >= 0.3 is 0 Å². The fraction of sp³-hybridized carbons (Fsp3) is 0.800. The Morgan fingerprint density at radius 3 is 2.67 bits per heavy atom. The Labute approximate surface area is 110 Å². The minimum atomic E-state index is -0.416. The maximum Gasteiger partial charge on any atom is 0.163 e. The maximum absolute atomic E-state index is 5.87. The molecule has 0 saturated carbocycles. The average molecular weight is 251 g/mol. The Morgan fingerprint density at radius 1 is 1.39 bits per heavy atom. The molecule has 2 heterocycles. The van der Waals surface area contributed by atoms with Gasteiger partial charge in [-0.1, -0.05) is 26.3 Å². The Kier molecular flexibility index (Phi) is 3.65. The average Bonchev–Trinajstić information content (AvgIpc) is 2.57. The second-order valence-electron chi connectivity index (χ2n) is 6.72. The van der Waals surface area contributed by atoms with Gasteiger partial charge in [-0.2, -0.15) is 0 Å².